The number of nitrogens with zero attached hydrogens (tertiary/aromatic N) is 4. The zero-order chi connectivity index (χ0) is 52.6. The lowest BCUT2D eigenvalue weighted by Crippen LogP contribution is -2.27. The minimum Gasteiger partial charge on any atom is -0.309 e. The number of aromatic nitrogens is 4. The molecule has 2 heterocycles. The molecule has 6 heteroatoms. The van der Waals surface area contributed by atoms with E-state index in [2.05, 4.69) is 243 Å². The summed E-state index contributed by atoms with van der Waals surface area (Å²) >= 11 is 0. The Kier molecular flexibility index (Phi) is 9.63. The van der Waals surface area contributed by atoms with E-state index in [0.29, 0.717) is 11.6 Å². The summed E-state index contributed by atoms with van der Waals surface area (Å²) in [7, 11) is -3.93. The first-order chi connectivity index (χ1) is 39.5. The smallest absolute Gasteiger partial charge is 0.172 e. The van der Waals surface area contributed by atoms with E-state index >= 15 is 4.57 Å². The van der Waals surface area contributed by atoms with Crippen molar-refractivity contribution in [1.82, 2.24) is 19.9 Å². The van der Waals surface area contributed by atoms with E-state index in [1.54, 1.807) is 0 Å². The Morgan fingerprint density at radius 3 is 0.938 bits per heavy atom. The van der Waals surface area contributed by atoms with E-state index in [1.807, 2.05) is 18.2 Å². The quantitative estimate of drug-likeness (QED) is 0.118. The van der Waals surface area contributed by atoms with Crippen LogP contribution in [0.3, 0.4) is 0 Å². The average molecular weight is 1040 g/mol. The maximum Gasteiger partial charge on any atom is 0.172 e. The number of benzene rings is 15. The van der Waals surface area contributed by atoms with E-state index < -0.39 is 7.14 Å². The van der Waals surface area contributed by atoms with Crippen LogP contribution in [-0.4, -0.2) is 19.9 Å². The van der Waals surface area contributed by atoms with Crippen LogP contribution in [-0.2, 0) is 4.57 Å². The Balaban J connectivity index is 0.984. The molecule has 0 saturated carbocycles. The highest BCUT2D eigenvalue weighted by atomic mass is 31.2. The van der Waals surface area contributed by atoms with Crippen molar-refractivity contribution in [2.75, 3.05) is 0 Å². The summed E-state index contributed by atoms with van der Waals surface area (Å²) in [6, 6.07) is 91.9. The molecule has 2 aromatic heterocycles. The van der Waals surface area contributed by atoms with Gasteiger partial charge < -0.3 is 4.57 Å². The van der Waals surface area contributed by atoms with Crippen molar-refractivity contribution in [1.29, 1.82) is 0 Å². The molecule has 5 nitrogen and oxygen atoms in total. The molecule has 0 bridgehead atoms. The fourth-order valence-electron chi connectivity index (χ4n) is 12.9. The van der Waals surface area contributed by atoms with Crippen LogP contribution in [0.25, 0.3) is 153 Å². The van der Waals surface area contributed by atoms with Gasteiger partial charge in [0.05, 0.1) is 22.1 Å². The van der Waals surface area contributed by atoms with Crippen LogP contribution < -0.4 is 15.9 Å². The monoisotopic (exact) mass is 1030 g/mol. The first-order valence-electron chi connectivity index (χ1n) is 27.1. The van der Waals surface area contributed by atoms with Gasteiger partial charge in [0.1, 0.15) is 0 Å². The maximum atomic E-state index is 18.3. The molecule has 17 aromatic rings. The molecule has 0 unspecified atom stereocenters. The zero-order valence-electron chi connectivity index (χ0n) is 43.0. The Labute approximate surface area is 459 Å². The molecular weight excluding hydrogens is 992 g/mol. The second kappa shape index (κ2) is 17.2. The minimum atomic E-state index is -3.93. The SMILES string of the molecule is O=P(c1ccccc1)(c1cc(-c2ccc3ccccc3c2)c2ccc3nc(-c4ccc5ccccc5c4)nc4ccc1c2c34)c1cc(-c2ccc3ccccc3c2)c2ccc3nc(-c4ccc5ccccc5c4)nc4ccc1c2c34. The maximum absolute atomic E-state index is 18.3. The van der Waals surface area contributed by atoms with Crippen molar-refractivity contribution >= 4 is 131 Å². The Morgan fingerprint density at radius 1 is 0.250 bits per heavy atom. The van der Waals surface area contributed by atoms with E-state index in [4.69, 9.17) is 19.9 Å². The van der Waals surface area contributed by atoms with Gasteiger partial charge in [-0.3, -0.25) is 0 Å². The molecule has 0 radical (unpaired) electrons. The first-order valence-corrected chi connectivity index (χ1v) is 28.8. The second-order valence-electron chi connectivity index (χ2n) is 21.2. The Morgan fingerprint density at radius 2 is 0.562 bits per heavy atom. The molecule has 0 amide bonds. The van der Waals surface area contributed by atoms with E-state index in [1.165, 1.54) is 10.8 Å². The third-order valence-corrected chi connectivity index (χ3v) is 19.9. The average Bonchev–Trinajstić information content (AvgIpc) is 3.03. The van der Waals surface area contributed by atoms with Crippen LogP contribution in [0.15, 0.2) is 261 Å². The van der Waals surface area contributed by atoms with Crippen molar-refractivity contribution < 1.29 is 4.57 Å². The lowest BCUT2D eigenvalue weighted by Gasteiger charge is -2.27. The summed E-state index contributed by atoms with van der Waals surface area (Å²) in [5.74, 6) is 1.32. The predicted molar refractivity (Wildman–Crippen MR) is 336 cm³/mol. The van der Waals surface area contributed by atoms with E-state index in [-0.39, 0.29) is 0 Å². The van der Waals surface area contributed by atoms with Gasteiger partial charge in [0.2, 0.25) is 0 Å². The molecule has 80 heavy (non-hydrogen) atoms. The van der Waals surface area contributed by atoms with Crippen LogP contribution >= 0.6 is 7.14 Å². The van der Waals surface area contributed by atoms with Crippen molar-refractivity contribution in [3.05, 3.63) is 261 Å². The minimum absolute atomic E-state index is 0.662. The fourth-order valence-corrected chi connectivity index (χ4v) is 16.0. The van der Waals surface area contributed by atoms with Gasteiger partial charge in [-0.1, -0.05) is 200 Å². The van der Waals surface area contributed by atoms with Gasteiger partial charge in [-0.15, -0.1) is 0 Å². The van der Waals surface area contributed by atoms with Gasteiger partial charge in [-0.2, -0.15) is 0 Å². The van der Waals surface area contributed by atoms with Gasteiger partial charge in [0.25, 0.3) is 0 Å². The van der Waals surface area contributed by atoms with Crippen LogP contribution in [0.2, 0.25) is 0 Å². The highest BCUT2D eigenvalue weighted by molar-refractivity contribution is 7.86. The lowest BCUT2D eigenvalue weighted by molar-refractivity contribution is 0.593. The summed E-state index contributed by atoms with van der Waals surface area (Å²) in [6.07, 6.45) is 0. The Hall–Kier alpha value is -10.2. The topological polar surface area (TPSA) is 68.6 Å². The summed E-state index contributed by atoms with van der Waals surface area (Å²) in [5.41, 5.74) is 9.27. The molecule has 0 spiro atoms. The van der Waals surface area contributed by atoms with E-state index in [9.17, 15) is 0 Å². The van der Waals surface area contributed by atoms with Gasteiger partial charge in [0, 0.05) is 48.6 Å². The molecule has 0 aliphatic heterocycles. The Bertz CT molecular complexity index is 5130. The number of hydrogen-bond acceptors (Lipinski definition) is 5. The molecule has 0 N–H and O–H groups in total. The molecular formula is C74H43N4OP. The van der Waals surface area contributed by atoms with Crippen molar-refractivity contribution in [3.8, 4) is 45.0 Å². The lowest BCUT2D eigenvalue weighted by atomic mass is 9.91. The highest BCUT2D eigenvalue weighted by Gasteiger charge is 2.36. The molecule has 0 aliphatic rings. The number of fused-ring (bicyclic) bond motifs is 4. The van der Waals surface area contributed by atoms with Crippen LogP contribution in [0.5, 0.6) is 0 Å². The fraction of sp³-hybridized carbons (Fsp3) is 0. The molecule has 0 fully saturated rings. The van der Waals surface area contributed by atoms with Crippen LogP contribution in [0.4, 0.5) is 0 Å². The molecule has 0 atom stereocenters. The number of rotatable bonds is 7. The van der Waals surface area contributed by atoms with Crippen LogP contribution in [0, 0.1) is 0 Å². The van der Waals surface area contributed by atoms with Crippen molar-refractivity contribution in [3.63, 3.8) is 0 Å². The molecule has 17 rings (SSSR count). The van der Waals surface area contributed by atoms with Gasteiger partial charge in [-0.05, 0) is 148 Å². The summed E-state index contributed by atoms with van der Waals surface area (Å²) in [6.45, 7) is 0. The van der Waals surface area contributed by atoms with Crippen LogP contribution in [0.1, 0.15) is 0 Å². The molecule has 0 saturated heterocycles. The summed E-state index contributed by atoms with van der Waals surface area (Å²) in [5, 5.41) is 19.2. The molecule has 15 aromatic carbocycles. The van der Waals surface area contributed by atoms with Gasteiger partial charge in [-0.25, -0.2) is 19.9 Å². The van der Waals surface area contributed by atoms with Gasteiger partial charge >= 0.3 is 0 Å². The first kappa shape index (κ1) is 44.9. The van der Waals surface area contributed by atoms with E-state index in [0.717, 1.165) is 147 Å². The predicted octanol–water partition coefficient (Wildman–Crippen LogP) is 18.0. The third kappa shape index (κ3) is 6.75. The summed E-state index contributed by atoms with van der Waals surface area (Å²) in [4.78, 5) is 21.4. The highest BCUT2D eigenvalue weighted by Crippen LogP contribution is 2.52. The summed E-state index contributed by atoms with van der Waals surface area (Å²) < 4.78 is 18.3. The largest absolute Gasteiger partial charge is 0.309 e. The third-order valence-electron chi connectivity index (χ3n) is 16.8. The molecule has 370 valence electrons. The zero-order valence-corrected chi connectivity index (χ0v) is 43.9. The van der Waals surface area contributed by atoms with Crippen molar-refractivity contribution in [2.24, 2.45) is 0 Å². The number of hydrogen-bond donors (Lipinski definition) is 0. The van der Waals surface area contributed by atoms with Gasteiger partial charge in [0.15, 0.2) is 18.8 Å². The molecule has 0 aliphatic carbocycles. The second-order valence-corrected chi connectivity index (χ2v) is 23.9. The van der Waals surface area contributed by atoms with Crippen molar-refractivity contribution in [2.45, 2.75) is 0 Å². The normalized spacial score (nSPS) is 12.3. The standard InChI is InChI=1S/C74H43N4OP/c79-80(56-20-2-1-3-21-56,67-42-61(52-26-22-44-12-4-8-16-48(44)38-52)57-30-34-63-71-65(36-32-59(67)69(57)71)77-73(75-63)54-28-24-46-14-6-10-18-50(46)40-54)68-43-62(53-27-23-45-13-5-9-17-49(45)39-53)58-31-35-64-72-66(37-33-60(68)70(58)72)78-74(76-64)55-29-25-47-15-7-11-19-51(47)41-55/h1-43H.